The number of aryl methyl sites for hydroxylation is 1. The maximum absolute atomic E-state index is 11.4. The largest absolute Gasteiger partial charge is 0.308 e. The van der Waals surface area contributed by atoms with Crippen LogP contribution in [-0.2, 0) is 29.3 Å². The molecule has 0 spiro atoms. The van der Waals surface area contributed by atoms with Gasteiger partial charge in [-0.1, -0.05) is 19.1 Å². The Labute approximate surface area is 123 Å². The number of sulfone groups is 1. The van der Waals surface area contributed by atoms with Gasteiger partial charge in [0.05, 0.1) is 9.90 Å². The number of hydrogen-bond donors (Lipinski definition) is 1. The fourth-order valence-electron chi connectivity index (χ4n) is 1.78. The number of benzene rings is 1. The quantitative estimate of drug-likeness (QED) is 0.890. The number of hydrogen-bond acceptors (Lipinski definition) is 5. The van der Waals surface area contributed by atoms with Crippen LogP contribution < -0.4 is 5.32 Å². The van der Waals surface area contributed by atoms with Gasteiger partial charge in [0.25, 0.3) is 0 Å². The predicted molar refractivity (Wildman–Crippen MR) is 81.6 cm³/mol. The van der Waals surface area contributed by atoms with E-state index in [2.05, 4.69) is 17.2 Å². The van der Waals surface area contributed by atoms with Gasteiger partial charge in [-0.25, -0.2) is 13.4 Å². The molecule has 1 N–H and O–H groups in total. The lowest BCUT2D eigenvalue weighted by atomic mass is 10.2. The van der Waals surface area contributed by atoms with Crippen LogP contribution in [0.2, 0.25) is 0 Å². The van der Waals surface area contributed by atoms with E-state index in [0.29, 0.717) is 11.4 Å². The highest BCUT2D eigenvalue weighted by atomic mass is 32.2. The first-order valence-corrected chi connectivity index (χ1v) is 9.13. The fourth-order valence-corrected chi connectivity index (χ4v) is 3.24. The maximum atomic E-state index is 11.4. The van der Waals surface area contributed by atoms with Gasteiger partial charge in [-0.05, 0) is 24.1 Å². The first-order chi connectivity index (χ1) is 9.49. The van der Waals surface area contributed by atoms with Gasteiger partial charge in [0, 0.05) is 30.4 Å². The summed E-state index contributed by atoms with van der Waals surface area (Å²) in [6.45, 7) is 3.59. The van der Waals surface area contributed by atoms with Crippen LogP contribution in [-0.4, -0.2) is 19.7 Å². The topological polar surface area (TPSA) is 59.1 Å². The van der Waals surface area contributed by atoms with Crippen LogP contribution in [0.3, 0.4) is 0 Å². The number of nitrogens with zero attached hydrogens (tertiary/aromatic N) is 1. The molecule has 108 valence electrons. The van der Waals surface area contributed by atoms with Crippen LogP contribution in [0.25, 0.3) is 0 Å². The summed E-state index contributed by atoms with van der Waals surface area (Å²) < 4.78 is 22.7. The Bertz CT molecular complexity index is 661. The lowest BCUT2D eigenvalue weighted by Gasteiger charge is -2.04. The Balaban J connectivity index is 1.88. The number of thiazole rings is 1. The SMILES string of the molecule is CCc1ncc(CNCc2ccc(S(C)(=O)=O)cc2)s1. The Morgan fingerprint density at radius 2 is 1.90 bits per heavy atom. The molecule has 0 aliphatic heterocycles. The summed E-state index contributed by atoms with van der Waals surface area (Å²) in [6, 6.07) is 6.98. The van der Waals surface area contributed by atoms with Crippen LogP contribution in [0.4, 0.5) is 0 Å². The van der Waals surface area contributed by atoms with Crippen LogP contribution >= 0.6 is 11.3 Å². The van der Waals surface area contributed by atoms with Gasteiger partial charge in [-0.15, -0.1) is 11.3 Å². The second-order valence-electron chi connectivity index (χ2n) is 4.59. The summed E-state index contributed by atoms with van der Waals surface area (Å²) in [5.74, 6) is 0. The molecular weight excluding hydrogens is 292 g/mol. The highest BCUT2D eigenvalue weighted by Crippen LogP contribution is 2.14. The summed E-state index contributed by atoms with van der Waals surface area (Å²) in [6.07, 6.45) is 4.09. The third-order valence-electron chi connectivity index (χ3n) is 2.88. The van der Waals surface area contributed by atoms with Crippen molar-refractivity contribution in [2.75, 3.05) is 6.26 Å². The molecule has 0 unspecified atom stereocenters. The summed E-state index contributed by atoms with van der Waals surface area (Å²) in [7, 11) is -3.11. The zero-order valence-electron chi connectivity index (χ0n) is 11.6. The van der Waals surface area contributed by atoms with E-state index in [1.54, 1.807) is 23.5 Å². The van der Waals surface area contributed by atoms with Crippen molar-refractivity contribution in [3.63, 3.8) is 0 Å². The molecule has 2 aromatic rings. The smallest absolute Gasteiger partial charge is 0.175 e. The lowest BCUT2D eigenvalue weighted by molar-refractivity contribution is 0.602. The summed E-state index contributed by atoms with van der Waals surface area (Å²) in [5, 5.41) is 4.49. The molecule has 0 saturated carbocycles. The molecule has 0 aliphatic rings. The molecule has 0 radical (unpaired) electrons. The van der Waals surface area contributed by atoms with Gasteiger partial charge in [0.2, 0.25) is 0 Å². The van der Waals surface area contributed by atoms with Crippen LogP contribution in [0.1, 0.15) is 22.4 Å². The third-order valence-corrected chi connectivity index (χ3v) is 5.15. The highest BCUT2D eigenvalue weighted by Gasteiger charge is 2.06. The molecule has 0 aliphatic carbocycles. The highest BCUT2D eigenvalue weighted by molar-refractivity contribution is 7.90. The second kappa shape index (κ2) is 6.47. The molecule has 1 aromatic carbocycles. The van der Waals surface area contributed by atoms with Crippen LogP contribution in [0.5, 0.6) is 0 Å². The standard InChI is InChI=1S/C14H18N2O2S2/c1-3-14-16-10-12(19-14)9-15-8-11-4-6-13(7-5-11)20(2,17)18/h4-7,10,15H,3,8-9H2,1-2H3. The summed E-state index contributed by atoms with van der Waals surface area (Å²) in [4.78, 5) is 5.89. The minimum absolute atomic E-state index is 0.358. The van der Waals surface area contributed by atoms with E-state index in [1.165, 1.54) is 11.1 Å². The van der Waals surface area contributed by atoms with E-state index >= 15 is 0 Å². The molecule has 1 aromatic heterocycles. The first-order valence-electron chi connectivity index (χ1n) is 6.42. The fraction of sp³-hybridized carbons (Fsp3) is 0.357. The molecule has 0 atom stereocenters. The normalized spacial score (nSPS) is 11.7. The maximum Gasteiger partial charge on any atom is 0.175 e. The molecule has 0 fully saturated rings. The summed E-state index contributed by atoms with van der Waals surface area (Å²) >= 11 is 1.72. The van der Waals surface area contributed by atoms with Gasteiger partial charge < -0.3 is 5.32 Å². The predicted octanol–water partition coefficient (Wildman–Crippen LogP) is 2.40. The minimum Gasteiger partial charge on any atom is -0.308 e. The molecule has 0 saturated heterocycles. The van der Waals surface area contributed by atoms with Gasteiger partial charge in [-0.3, -0.25) is 0 Å². The van der Waals surface area contributed by atoms with Crippen molar-refractivity contribution in [2.24, 2.45) is 0 Å². The molecule has 1 heterocycles. The van der Waals surface area contributed by atoms with E-state index < -0.39 is 9.84 Å². The van der Waals surface area contributed by atoms with Gasteiger partial charge in [-0.2, -0.15) is 0 Å². The zero-order valence-corrected chi connectivity index (χ0v) is 13.2. The van der Waals surface area contributed by atoms with Crippen LogP contribution in [0, 0.1) is 0 Å². The first kappa shape index (κ1) is 15.2. The Morgan fingerprint density at radius 3 is 2.45 bits per heavy atom. The zero-order chi connectivity index (χ0) is 14.6. The van der Waals surface area contributed by atoms with E-state index in [4.69, 9.17) is 0 Å². The molecule has 0 bridgehead atoms. The minimum atomic E-state index is -3.11. The third kappa shape index (κ3) is 4.13. The molecule has 0 amide bonds. The van der Waals surface area contributed by atoms with Crippen molar-refractivity contribution in [1.29, 1.82) is 0 Å². The average Bonchev–Trinajstić information content (AvgIpc) is 2.86. The number of rotatable bonds is 6. The molecular formula is C14H18N2O2S2. The van der Waals surface area contributed by atoms with Crippen molar-refractivity contribution in [3.05, 3.63) is 45.9 Å². The Kier molecular flexibility index (Phi) is 4.91. The Morgan fingerprint density at radius 1 is 1.20 bits per heavy atom. The monoisotopic (exact) mass is 310 g/mol. The lowest BCUT2D eigenvalue weighted by Crippen LogP contribution is -2.11. The number of nitrogens with one attached hydrogen (secondary N) is 1. The molecule has 4 nitrogen and oxygen atoms in total. The van der Waals surface area contributed by atoms with Gasteiger partial charge in [0.1, 0.15) is 0 Å². The molecule has 6 heteroatoms. The van der Waals surface area contributed by atoms with E-state index in [1.807, 2.05) is 18.3 Å². The van der Waals surface area contributed by atoms with Crippen molar-refractivity contribution >= 4 is 21.2 Å². The van der Waals surface area contributed by atoms with E-state index in [9.17, 15) is 8.42 Å². The Hall–Kier alpha value is -1.24. The van der Waals surface area contributed by atoms with Crippen molar-refractivity contribution in [1.82, 2.24) is 10.3 Å². The summed E-state index contributed by atoms with van der Waals surface area (Å²) in [5.41, 5.74) is 1.07. The van der Waals surface area contributed by atoms with E-state index in [-0.39, 0.29) is 0 Å². The van der Waals surface area contributed by atoms with Gasteiger partial charge in [0.15, 0.2) is 9.84 Å². The number of aromatic nitrogens is 1. The molecule has 2 rings (SSSR count). The van der Waals surface area contributed by atoms with Crippen molar-refractivity contribution in [3.8, 4) is 0 Å². The molecule has 20 heavy (non-hydrogen) atoms. The van der Waals surface area contributed by atoms with Crippen molar-refractivity contribution in [2.45, 2.75) is 31.3 Å². The average molecular weight is 310 g/mol. The van der Waals surface area contributed by atoms with Gasteiger partial charge >= 0.3 is 0 Å². The van der Waals surface area contributed by atoms with E-state index in [0.717, 1.165) is 23.5 Å². The van der Waals surface area contributed by atoms with Crippen molar-refractivity contribution < 1.29 is 8.42 Å². The van der Waals surface area contributed by atoms with Crippen LogP contribution in [0.15, 0.2) is 35.4 Å². The second-order valence-corrected chi connectivity index (χ2v) is 7.81.